The van der Waals surface area contributed by atoms with Gasteiger partial charge in [0.15, 0.2) is 0 Å². The molecular formula is C25H31N3O5S. The van der Waals surface area contributed by atoms with Crippen LogP contribution in [0.4, 0.5) is 5.69 Å². The number of anilines is 1. The number of nitrogens with one attached hydrogen (secondary N) is 1. The van der Waals surface area contributed by atoms with Crippen molar-refractivity contribution in [2.75, 3.05) is 25.1 Å². The Morgan fingerprint density at radius 3 is 2.44 bits per heavy atom. The van der Waals surface area contributed by atoms with E-state index in [9.17, 15) is 18.0 Å². The van der Waals surface area contributed by atoms with Crippen molar-refractivity contribution < 1.29 is 22.7 Å². The Bertz CT molecular complexity index is 1150. The van der Waals surface area contributed by atoms with E-state index >= 15 is 0 Å². The van der Waals surface area contributed by atoms with Crippen LogP contribution in [0.3, 0.4) is 0 Å². The number of rotatable bonds is 6. The van der Waals surface area contributed by atoms with Gasteiger partial charge in [-0.15, -0.1) is 0 Å². The summed E-state index contributed by atoms with van der Waals surface area (Å²) in [6.45, 7) is 1.11. The molecule has 34 heavy (non-hydrogen) atoms. The lowest BCUT2D eigenvalue weighted by molar-refractivity contribution is -0.133. The minimum Gasteiger partial charge on any atom is -0.497 e. The van der Waals surface area contributed by atoms with E-state index in [1.807, 2.05) is 0 Å². The summed E-state index contributed by atoms with van der Waals surface area (Å²) < 4.78 is 33.2. The number of sulfonamides is 1. The highest BCUT2D eigenvalue weighted by Gasteiger charge is 2.51. The number of piperazine rings is 1. The topological polar surface area (TPSA) is 96.0 Å². The van der Waals surface area contributed by atoms with Crippen LogP contribution >= 0.6 is 0 Å². The molecular weight excluding hydrogens is 454 g/mol. The lowest BCUT2D eigenvalue weighted by atomic mass is 9.91. The van der Waals surface area contributed by atoms with Crippen molar-refractivity contribution in [3.8, 4) is 5.75 Å². The molecule has 0 bridgehead atoms. The maximum Gasteiger partial charge on any atom is 0.247 e. The smallest absolute Gasteiger partial charge is 0.247 e. The number of nitrogens with zero attached hydrogens (tertiary/aromatic N) is 2. The zero-order valence-corrected chi connectivity index (χ0v) is 20.4. The van der Waals surface area contributed by atoms with Gasteiger partial charge >= 0.3 is 0 Å². The van der Waals surface area contributed by atoms with Gasteiger partial charge in [0.2, 0.25) is 21.8 Å². The summed E-state index contributed by atoms with van der Waals surface area (Å²) >= 11 is 0. The molecule has 2 aromatic rings. The molecule has 1 aliphatic heterocycles. The molecule has 1 heterocycles. The Labute approximate surface area is 200 Å². The Hall–Kier alpha value is -2.91. The van der Waals surface area contributed by atoms with E-state index in [1.165, 1.54) is 24.1 Å². The van der Waals surface area contributed by atoms with Crippen LogP contribution in [0.2, 0.25) is 0 Å². The summed E-state index contributed by atoms with van der Waals surface area (Å²) in [4.78, 5) is 28.7. The lowest BCUT2D eigenvalue weighted by Crippen LogP contribution is -2.70. The van der Waals surface area contributed by atoms with Gasteiger partial charge in [-0.2, -0.15) is 4.31 Å². The van der Waals surface area contributed by atoms with Crippen LogP contribution in [0.15, 0.2) is 59.5 Å². The van der Waals surface area contributed by atoms with Gasteiger partial charge in [-0.25, -0.2) is 8.42 Å². The normalized spacial score (nSPS) is 22.4. The maximum absolute atomic E-state index is 13.7. The van der Waals surface area contributed by atoms with Gasteiger partial charge in [-0.1, -0.05) is 43.5 Å². The Morgan fingerprint density at radius 1 is 1.06 bits per heavy atom. The second kappa shape index (κ2) is 9.76. The fourth-order valence-corrected chi connectivity index (χ4v) is 6.32. The third-order valence-corrected chi connectivity index (χ3v) is 8.47. The minimum absolute atomic E-state index is 0.0152. The number of hydrogen-bond acceptors (Lipinski definition) is 5. The summed E-state index contributed by atoms with van der Waals surface area (Å²) in [5.74, 6) is -0.288. The molecule has 0 spiro atoms. The first kappa shape index (κ1) is 24.2. The van der Waals surface area contributed by atoms with Crippen molar-refractivity contribution >= 4 is 27.5 Å². The zero-order chi connectivity index (χ0) is 24.3. The zero-order valence-electron chi connectivity index (χ0n) is 19.6. The molecule has 1 saturated heterocycles. The standard InChI is InChI=1S/C25H31N3O5S/c1-25(24(30)26-19-10-5-3-6-11-19)18-27(34(31,32)22-14-7-4-8-15-22)17-23(29)28(25)20-12-9-13-21(16-20)33-2/h4,7-9,12-16,19H,3,5-6,10-11,17-18H2,1-2H3,(H,26,30). The molecule has 8 nitrogen and oxygen atoms in total. The molecule has 9 heteroatoms. The van der Waals surface area contributed by atoms with Crippen LogP contribution < -0.4 is 15.0 Å². The molecule has 0 aromatic heterocycles. The molecule has 2 aromatic carbocycles. The van der Waals surface area contributed by atoms with Crippen LogP contribution in [0, 0.1) is 0 Å². The molecule has 1 N–H and O–H groups in total. The van der Waals surface area contributed by atoms with Crippen molar-refractivity contribution in [3.05, 3.63) is 54.6 Å². The first-order valence-corrected chi connectivity index (χ1v) is 13.0. The van der Waals surface area contributed by atoms with Crippen molar-refractivity contribution in [3.63, 3.8) is 0 Å². The van der Waals surface area contributed by atoms with Gasteiger partial charge in [0.1, 0.15) is 11.3 Å². The van der Waals surface area contributed by atoms with Gasteiger partial charge < -0.3 is 10.1 Å². The van der Waals surface area contributed by atoms with Gasteiger partial charge in [-0.3, -0.25) is 14.5 Å². The third-order valence-electron chi connectivity index (χ3n) is 6.66. The SMILES string of the molecule is COc1cccc(N2C(=O)CN(S(=O)(=O)c3ccccc3)CC2(C)C(=O)NC2CCCCC2)c1. The molecule has 1 atom stereocenters. The van der Waals surface area contributed by atoms with Crippen LogP contribution in [0.25, 0.3) is 0 Å². The summed E-state index contributed by atoms with van der Waals surface area (Å²) in [6.07, 6.45) is 4.96. The molecule has 1 unspecified atom stereocenters. The molecule has 1 saturated carbocycles. The summed E-state index contributed by atoms with van der Waals surface area (Å²) in [5, 5.41) is 3.10. The Balaban J connectivity index is 1.73. The molecule has 2 fully saturated rings. The first-order valence-electron chi connectivity index (χ1n) is 11.6. The number of carbonyl (C=O) groups excluding carboxylic acids is 2. The van der Waals surface area contributed by atoms with Crippen LogP contribution in [0.5, 0.6) is 5.75 Å². The van der Waals surface area contributed by atoms with E-state index in [4.69, 9.17) is 4.74 Å². The third kappa shape index (κ3) is 4.67. The number of hydrogen-bond donors (Lipinski definition) is 1. The maximum atomic E-state index is 13.7. The number of benzene rings is 2. The lowest BCUT2D eigenvalue weighted by Gasteiger charge is -2.47. The van der Waals surface area contributed by atoms with Crippen molar-refractivity contribution in [2.45, 2.75) is 55.5 Å². The second-order valence-corrected chi connectivity index (χ2v) is 11.0. The van der Waals surface area contributed by atoms with Crippen molar-refractivity contribution in [1.82, 2.24) is 9.62 Å². The molecule has 0 radical (unpaired) electrons. The number of amides is 2. The monoisotopic (exact) mass is 485 g/mol. The summed E-state index contributed by atoms with van der Waals surface area (Å²) in [5.41, 5.74) is -0.955. The van der Waals surface area contributed by atoms with E-state index in [0.29, 0.717) is 11.4 Å². The van der Waals surface area contributed by atoms with E-state index in [-0.39, 0.29) is 29.9 Å². The summed E-state index contributed by atoms with van der Waals surface area (Å²) in [7, 11) is -2.44. The minimum atomic E-state index is -3.97. The van der Waals surface area contributed by atoms with Gasteiger partial charge in [-0.05, 0) is 44.0 Å². The Kier molecular flexibility index (Phi) is 6.95. The molecule has 182 valence electrons. The van der Waals surface area contributed by atoms with E-state index < -0.39 is 21.5 Å². The average molecular weight is 486 g/mol. The highest BCUT2D eigenvalue weighted by molar-refractivity contribution is 7.89. The molecule has 2 amide bonds. The first-order chi connectivity index (χ1) is 16.3. The molecule has 1 aliphatic carbocycles. The predicted molar refractivity (Wildman–Crippen MR) is 129 cm³/mol. The highest BCUT2D eigenvalue weighted by Crippen LogP contribution is 2.34. The molecule has 2 aliphatic rings. The van der Waals surface area contributed by atoms with Crippen molar-refractivity contribution in [1.29, 1.82) is 0 Å². The largest absolute Gasteiger partial charge is 0.497 e. The van der Waals surface area contributed by atoms with Gasteiger partial charge in [0.05, 0.1) is 18.6 Å². The van der Waals surface area contributed by atoms with E-state index in [2.05, 4.69) is 5.32 Å². The molecule has 4 rings (SSSR count). The summed E-state index contributed by atoms with van der Waals surface area (Å²) in [6, 6.07) is 14.9. The second-order valence-electron chi connectivity index (χ2n) is 9.10. The van der Waals surface area contributed by atoms with Gasteiger partial charge in [0.25, 0.3) is 0 Å². The quantitative estimate of drug-likeness (QED) is 0.679. The van der Waals surface area contributed by atoms with Crippen LogP contribution in [-0.4, -0.2) is 56.3 Å². The Morgan fingerprint density at radius 2 is 1.76 bits per heavy atom. The fraction of sp³-hybridized carbons (Fsp3) is 0.440. The number of methoxy groups -OCH3 is 1. The highest BCUT2D eigenvalue weighted by atomic mass is 32.2. The number of ether oxygens (including phenoxy) is 1. The van der Waals surface area contributed by atoms with Gasteiger partial charge in [0, 0.05) is 24.3 Å². The van der Waals surface area contributed by atoms with Crippen LogP contribution in [0.1, 0.15) is 39.0 Å². The predicted octanol–water partition coefficient (Wildman–Crippen LogP) is 2.94. The fourth-order valence-electron chi connectivity index (χ4n) is 4.82. The number of carbonyl (C=O) groups is 2. The van der Waals surface area contributed by atoms with E-state index in [0.717, 1.165) is 36.4 Å². The van der Waals surface area contributed by atoms with Crippen LogP contribution in [-0.2, 0) is 19.6 Å². The van der Waals surface area contributed by atoms with E-state index in [1.54, 1.807) is 49.4 Å². The van der Waals surface area contributed by atoms with Crippen molar-refractivity contribution in [2.24, 2.45) is 0 Å². The average Bonchev–Trinajstić information content (AvgIpc) is 2.85.